The summed E-state index contributed by atoms with van der Waals surface area (Å²) in [4.78, 5) is 4.33. The standard InChI is InChI=1S/C14H17N5/c1-3-9-15-13-10-16-19-14(18-13)17-11(2)12-7-5-4-6-8-12/h3-8,10-11H,1,9H2,2H3,(H2,15,17,18,19). The summed E-state index contributed by atoms with van der Waals surface area (Å²) >= 11 is 0. The Labute approximate surface area is 112 Å². The summed E-state index contributed by atoms with van der Waals surface area (Å²) in [6.07, 6.45) is 3.35. The molecular weight excluding hydrogens is 238 g/mol. The second-order valence-electron chi connectivity index (χ2n) is 4.11. The van der Waals surface area contributed by atoms with Crippen LogP contribution in [-0.4, -0.2) is 21.7 Å². The molecular formula is C14H17N5. The predicted molar refractivity (Wildman–Crippen MR) is 77.0 cm³/mol. The van der Waals surface area contributed by atoms with Gasteiger partial charge in [-0.05, 0) is 12.5 Å². The maximum atomic E-state index is 4.33. The molecule has 0 aliphatic rings. The summed E-state index contributed by atoms with van der Waals surface area (Å²) in [6, 6.07) is 10.3. The van der Waals surface area contributed by atoms with Crippen LogP contribution in [0.4, 0.5) is 11.8 Å². The van der Waals surface area contributed by atoms with Crippen molar-refractivity contribution in [2.24, 2.45) is 0 Å². The van der Waals surface area contributed by atoms with Crippen LogP contribution in [0.2, 0.25) is 0 Å². The highest BCUT2D eigenvalue weighted by molar-refractivity contribution is 5.39. The topological polar surface area (TPSA) is 62.7 Å². The van der Waals surface area contributed by atoms with Crippen molar-refractivity contribution in [1.82, 2.24) is 15.2 Å². The molecule has 0 spiro atoms. The van der Waals surface area contributed by atoms with Gasteiger partial charge in [0.15, 0.2) is 5.82 Å². The van der Waals surface area contributed by atoms with Crippen LogP contribution < -0.4 is 10.6 Å². The van der Waals surface area contributed by atoms with E-state index in [2.05, 4.69) is 51.5 Å². The average molecular weight is 255 g/mol. The van der Waals surface area contributed by atoms with Gasteiger partial charge < -0.3 is 10.6 Å². The van der Waals surface area contributed by atoms with Crippen LogP contribution in [0.1, 0.15) is 18.5 Å². The lowest BCUT2D eigenvalue weighted by Crippen LogP contribution is -2.11. The van der Waals surface area contributed by atoms with Gasteiger partial charge in [0.25, 0.3) is 0 Å². The molecule has 0 fully saturated rings. The number of hydrogen-bond donors (Lipinski definition) is 2. The van der Waals surface area contributed by atoms with Crippen molar-refractivity contribution in [2.45, 2.75) is 13.0 Å². The number of nitrogens with one attached hydrogen (secondary N) is 2. The van der Waals surface area contributed by atoms with Crippen LogP contribution >= 0.6 is 0 Å². The molecule has 2 rings (SSSR count). The van der Waals surface area contributed by atoms with Crippen LogP contribution in [0, 0.1) is 0 Å². The molecule has 0 radical (unpaired) electrons. The Morgan fingerprint density at radius 3 is 2.84 bits per heavy atom. The Kier molecular flexibility index (Phi) is 4.44. The van der Waals surface area contributed by atoms with Gasteiger partial charge >= 0.3 is 0 Å². The number of anilines is 2. The fourth-order valence-electron chi connectivity index (χ4n) is 1.65. The maximum absolute atomic E-state index is 4.33. The number of benzene rings is 1. The number of rotatable bonds is 6. The Morgan fingerprint density at radius 1 is 1.32 bits per heavy atom. The van der Waals surface area contributed by atoms with Gasteiger partial charge in [-0.1, -0.05) is 36.4 Å². The van der Waals surface area contributed by atoms with Crippen molar-refractivity contribution in [2.75, 3.05) is 17.2 Å². The van der Waals surface area contributed by atoms with E-state index in [9.17, 15) is 0 Å². The molecule has 1 atom stereocenters. The molecule has 1 unspecified atom stereocenters. The van der Waals surface area contributed by atoms with E-state index in [0.717, 1.165) is 0 Å². The lowest BCUT2D eigenvalue weighted by molar-refractivity contribution is 0.840. The van der Waals surface area contributed by atoms with Crippen molar-refractivity contribution in [3.8, 4) is 0 Å². The third kappa shape index (κ3) is 3.77. The molecule has 2 aromatic rings. The molecule has 19 heavy (non-hydrogen) atoms. The SMILES string of the molecule is C=CCNc1cnnc(NC(C)c2ccccc2)n1. The normalized spacial score (nSPS) is 11.6. The number of aromatic nitrogens is 3. The minimum Gasteiger partial charge on any atom is -0.365 e. The first-order valence-corrected chi connectivity index (χ1v) is 6.15. The smallest absolute Gasteiger partial charge is 0.245 e. The highest BCUT2D eigenvalue weighted by Gasteiger charge is 2.07. The van der Waals surface area contributed by atoms with Crippen molar-refractivity contribution < 1.29 is 0 Å². The third-order valence-corrected chi connectivity index (χ3v) is 2.63. The molecule has 0 saturated carbocycles. The summed E-state index contributed by atoms with van der Waals surface area (Å²) in [5.41, 5.74) is 1.18. The second kappa shape index (κ2) is 6.49. The van der Waals surface area contributed by atoms with Crippen LogP contribution in [0.25, 0.3) is 0 Å². The molecule has 1 aromatic carbocycles. The summed E-state index contributed by atoms with van der Waals surface area (Å²) < 4.78 is 0. The monoisotopic (exact) mass is 255 g/mol. The van der Waals surface area contributed by atoms with Gasteiger partial charge in [0.05, 0.1) is 12.2 Å². The van der Waals surface area contributed by atoms with Gasteiger partial charge in [0, 0.05) is 6.54 Å². The molecule has 0 saturated heterocycles. The van der Waals surface area contributed by atoms with Gasteiger partial charge in [-0.2, -0.15) is 10.1 Å². The molecule has 98 valence electrons. The molecule has 0 aliphatic heterocycles. The number of nitrogens with zero attached hydrogens (tertiary/aromatic N) is 3. The van der Waals surface area contributed by atoms with Gasteiger partial charge in [-0.3, -0.25) is 0 Å². The molecule has 0 bridgehead atoms. The second-order valence-corrected chi connectivity index (χ2v) is 4.11. The van der Waals surface area contributed by atoms with E-state index >= 15 is 0 Å². The van der Waals surface area contributed by atoms with E-state index in [1.807, 2.05) is 18.2 Å². The van der Waals surface area contributed by atoms with E-state index in [1.54, 1.807) is 12.3 Å². The maximum Gasteiger partial charge on any atom is 0.245 e. The zero-order valence-corrected chi connectivity index (χ0v) is 10.9. The van der Waals surface area contributed by atoms with Crippen LogP contribution in [0.5, 0.6) is 0 Å². The Morgan fingerprint density at radius 2 is 2.11 bits per heavy atom. The van der Waals surface area contributed by atoms with E-state index in [1.165, 1.54) is 5.56 Å². The van der Waals surface area contributed by atoms with Crippen LogP contribution in [0.15, 0.2) is 49.2 Å². The van der Waals surface area contributed by atoms with Crippen molar-refractivity contribution in [3.05, 3.63) is 54.7 Å². The molecule has 0 amide bonds. The number of hydrogen-bond acceptors (Lipinski definition) is 5. The first-order chi connectivity index (χ1) is 9.29. The van der Waals surface area contributed by atoms with E-state index in [4.69, 9.17) is 0 Å². The highest BCUT2D eigenvalue weighted by Crippen LogP contribution is 2.16. The lowest BCUT2D eigenvalue weighted by Gasteiger charge is -2.14. The van der Waals surface area contributed by atoms with Crippen molar-refractivity contribution in [1.29, 1.82) is 0 Å². The minimum absolute atomic E-state index is 0.123. The molecule has 1 aromatic heterocycles. The van der Waals surface area contributed by atoms with Gasteiger partial charge in [0.1, 0.15) is 0 Å². The lowest BCUT2D eigenvalue weighted by atomic mass is 10.1. The van der Waals surface area contributed by atoms with Crippen LogP contribution in [-0.2, 0) is 0 Å². The first kappa shape index (κ1) is 13.0. The molecule has 5 nitrogen and oxygen atoms in total. The molecule has 2 N–H and O–H groups in total. The first-order valence-electron chi connectivity index (χ1n) is 6.15. The van der Waals surface area contributed by atoms with Crippen molar-refractivity contribution in [3.63, 3.8) is 0 Å². The fourth-order valence-corrected chi connectivity index (χ4v) is 1.65. The van der Waals surface area contributed by atoms with E-state index in [0.29, 0.717) is 18.3 Å². The summed E-state index contributed by atoms with van der Waals surface area (Å²) in [7, 11) is 0. The van der Waals surface area contributed by atoms with E-state index in [-0.39, 0.29) is 6.04 Å². The van der Waals surface area contributed by atoms with Crippen LogP contribution in [0.3, 0.4) is 0 Å². The zero-order valence-electron chi connectivity index (χ0n) is 10.9. The largest absolute Gasteiger partial charge is 0.365 e. The Hall–Kier alpha value is -2.43. The predicted octanol–water partition coefficient (Wildman–Crippen LogP) is 2.64. The summed E-state index contributed by atoms with van der Waals surface area (Å²) in [6.45, 7) is 6.35. The zero-order chi connectivity index (χ0) is 13.5. The fraction of sp³-hybridized carbons (Fsp3) is 0.214. The van der Waals surface area contributed by atoms with Gasteiger partial charge in [-0.25, -0.2) is 0 Å². The Bertz CT molecular complexity index is 526. The van der Waals surface area contributed by atoms with Gasteiger partial charge in [-0.15, -0.1) is 11.7 Å². The minimum atomic E-state index is 0.123. The summed E-state index contributed by atoms with van der Waals surface area (Å²) in [5, 5.41) is 14.2. The average Bonchev–Trinajstić information content (AvgIpc) is 2.46. The molecule has 1 heterocycles. The third-order valence-electron chi connectivity index (χ3n) is 2.63. The highest BCUT2D eigenvalue weighted by atomic mass is 15.3. The van der Waals surface area contributed by atoms with E-state index < -0.39 is 0 Å². The summed E-state index contributed by atoms with van der Waals surface area (Å²) in [5.74, 6) is 1.18. The van der Waals surface area contributed by atoms with Crippen molar-refractivity contribution >= 4 is 11.8 Å². The molecule has 5 heteroatoms. The quantitative estimate of drug-likeness (QED) is 0.777. The van der Waals surface area contributed by atoms with Gasteiger partial charge in [0.2, 0.25) is 5.95 Å². The Balaban J connectivity index is 2.04. The molecule has 0 aliphatic carbocycles.